The van der Waals surface area contributed by atoms with E-state index in [9.17, 15) is 4.39 Å². The van der Waals surface area contributed by atoms with Crippen LogP contribution in [0.5, 0.6) is 5.75 Å². The highest BCUT2D eigenvalue weighted by molar-refractivity contribution is 5.37. The van der Waals surface area contributed by atoms with Crippen molar-refractivity contribution in [1.29, 1.82) is 0 Å². The maximum Gasteiger partial charge on any atom is 0.124 e. The third kappa shape index (κ3) is 4.28. The minimum absolute atomic E-state index is 0.0922. The highest BCUT2D eigenvalue weighted by Crippen LogP contribution is 2.28. The predicted molar refractivity (Wildman–Crippen MR) is 82.4 cm³/mol. The summed E-state index contributed by atoms with van der Waals surface area (Å²) in [6.45, 7) is 3.98. The van der Waals surface area contributed by atoms with Gasteiger partial charge in [-0.05, 0) is 44.0 Å². The van der Waals surface area contributed by atoms with E-state index in [1.807, 2.05) is 38.1 Å². The highest BCUT2D eigenvalue weighted by atomic mass is 19.1. The SMILES string of the molecule is CC(C)Oc1ccccc1C(Cc1ccc(F)cc1)NN. The zero-order chi connectivity index (χ0) is 15.2. The quantitative estimate of drug-likeness (QED) is 0.633. The molecule has 0 aromatic heterocycles. The number of para-hydroxylation sites is 1. The number of halogens is 1. The van der Waals surface area contributed by atoms with Gasteiger partial charge < -0.3 is 4.74 Å². The first-order valence-corrected chi connectivity index (χ1v) is 7.06. The van der Waals surface area contributed by atoms with Crippen molar-refractivity contribution in [2.24, 2.45) is 5.84 Å². The molecule has 4 heteroatoms. The van der Waals surface area contributed by atoms with Gasteiger partial charge in [-0.25, -0.2) is 4.39 Å². The lowest BCUT2D eigenvalue weighted by molar-refractivity contribution is 0.237. The highest BCUT2D eigenvalue weighted by Gasteiger charge is 2.16. The van der Waals surface area contributed by atoms with E-state index in [2.05, 4.69) is 5.43 Å². The van der Waals surface area contributed by atoms with Crippen molar-refractivity contribution in [2.45, 2.75) is 32.4 Å². The Labute approximate surface area is 124 Å². The number of ether oxygens (including phenoxy) is 1. The molecule has 3 nitrogen and oxygen atoms in total. The van der Waals surface area contributed by atoms with Crippen molar-refractivity contribution < 1.29 is 9.13 Å². The van der Waals surface area contributed by atoms with Gasteiger partial charge in [0.1, 0.15) is 11.6 Å². The molecule has 2 aromatic rings. The summed E-state index contributed by atoms with van der Waals surface area (Å²) < 4.78 is 18.8. The summed E-state index contributed by atoms with van der Waals surface area (Å²) in [4.78, 5) is 0. The predicted octanol–water partition coefficient (Wildman–Crippen LogP) is 3.36. The Hall–Kier alpha value is -1.91. The van der Waals surface area contributed by atoms with Crippen molar-refractivity contribution in [2.75, 3.05) is 0 Å². The minimum atomic E-state index is -0.237. The van der Waals surface area contributed by atoms with E-state index < -0.39 is 0 Å². The standard InChI is InChI=1S/C17H21FN2O/c1-12(2)21-17-6-4-3-5-15(17)16(20-19)11-13-7-9-14(18)10-8-13/h3-10,12,16,20H,11,19H2,1-2H3. The van der Waals surface area contributed by atoms with Crippen LogP contribution in [0.4, 0.5) is 4.39 Å². The second kappa shape index (κ2) is 7.20. The first-order valence-electron chi connectivity index (χ1n) is 7.06. The van der Waals surface area contributed by atoms with Gasteiger partial charge in [-0.2, -0.15) is 0 Å². The van der Waals surface area contributed by atoms with E-state index in [0.717, 1.165) is 16.9 Å². The first-order chi connectivity index (χ1) is 10.1. The first kappa shape index (κ1) is 15.5. The Morgan fingerprint density at radius 3 is 2.38 bits per heavy atom. The molecular formula is C17H21FN2O. The molecule has 1 unspecified atom stereocenters. The van der Waals surface area contributed by atoms with Gasteiger partial charge in [0.15, 0.2) is 0 Å². The molecular weight excluding hydrogens is 267 g/mol. The van der Waals surface area contributed by atoms with Crippen LogP contribution in [0.25, 0.3) is 0 Å². The molecule has 0 saturated carbocycles. The fourth-order valence-corrected chi connectivity index (χ4v) is 2.24. The second-order valence-electron chi connectivity index (χ2n) is 5.25. The number of hydrazine groups is 1. The fourth-order valence-electron chi connectivity index (χ4n) is 2.24. The van der Waals surface area contributed by atoms with E-state index in [1.165, 1.54) is 12.1 Å². The Kier molecular flexibility index (Phi) is 5.31. The zero-order valence-electron chi connectivity index (χ0n) is 12.3. The molecule has 0 aliphatic heterocycles. The average molecular weight is 288 g/mol. The van der Waals surface area contributed by atoms with Gasteiger partial charge in [-0.3, -0.25) is 11.3 Å². The molecule has 0 amide bonds. The summed E-state index contributed by atoms with van der Waals surface area (Å²) in [5, 5.41) is 0. The maximum absolute atomic E-state index is 13.0. The van der Waals surface area contributed by atoms with E-state index in [0.29, 0.717) is 6.42 Å². The Bertz CT molecular complexity index is 569. The van der Waals surface area contributed by atoms with Crippen molar-refractivity contribution >= 4 is 0 Å². The number of hydrogen-bond acceptors (Lipinski definition) is 3. The summed E-state index contributed by atoms with van der Waals surface area (Å²) in [6.07, 6.45) is 0.755. The largest absolute Gasteiger partial charge is 0.491 e. The molecule has 0 aliphatic carbocycles. The van der Waals surface area contributed by atoms with Crippen molar-refractivity contribution in [1.82, 2.24) is 5.43 Å². The molecule has 3 N–H and O–H groups in total. The van der Waals surface area contributed by atoms with Crippen LogP contribution >= 0.6 is 0 Å². The average Bonchev–Trinajstić information content (AvgIpc) is 2.47. The second-order valence-corrected chi connectivity index (χ2v) is 5.25. The Balaban J connectivity index is 2.22. The molecule has 21 heavy (non-hydrogen) atoms. The van der Waals surface area contributed by atoms with Crippen LogP contribution < -0.4 is 16.0 Å². The third-order valence-electron chi connectivity index (χ3n) is 3.21. The topological polar surface area (TPSA) is 47.3 Å². The number of rotatable bonds is 6. The number of nitrogens with one attached hydrogen (secondary N) is 1. The van der Waals surface area contributed by atoms with Gasteiger partial charge >= 0.3 is 0 Å². The normalized spacial score (nSPS) is 12.4. The van der Waals surface area contributed by atoms with Gasteiger partial charge in [-0.15, -0.1) is 0 Å². The van der Waals surface area contributed by atoms with Gasteiger partial charge in [0.25, 0.3) is 0 Å². The fraction of sp³-hybridized carbons (Fsp3) is 0.294. The summed E-state index contributed by atoms with van der Waals surface area (Å²) in [6, 6.07) is 14.2. The third-order valence-corrected chi connectivity index (χ3v) is 3.21. The molecule has 2 rings (SSSR count). The summed E-state index contributed by atoms with van der Waals surface area (Å²) in [5.41, 5.74) is 4.83. The molecule has 1 atom stereocenters. The van der Waals surface area contributed by atoms with E-state index in [4.69, 9.17) is 10.6 Å². The Morgan fingerprint density at radius 1 is 1.10 bits per heavy atom. The summed E-state index contributed by atoms with van der Waals surface area (Å²) in [5.74, 6) is 6.28. The smallest absolute Gasteiger partial charge is 0.124 e. The number of hydrogen-bond donors (Lipinski definition) is 2. The molecule has 0 bridgehead atoms. The summed E-state index contributed by atoms with van der Waals surface area (Å²) >= 11 is 0. The monoisotopic (exact) mass is 288 g/mol. The lowest BCUT2D eigenvalue weighted by Crippen LogP contribution is -2.30. The minimum Gasteiger partial charge on any atom is -0.491 e. The van der Waals surface area contributed by atoms with E-state index in [-0.39, 0.29) is 18.0 Å². The van der Waals surface area contributed by atoms with Gasteiger partial charge in [0, 0.05) is 5.56 Å². The lowest BCUT2D eigenvalue weighted by Gasteiger charge is -2.21. The molecule has 112 valence electrons. The van der Waals surface area contributed by atoms with Crippen LogP contribution in [0.15, 0.2) is 48.5 Å². The zero-order valence-corrected chi connectivity index (χ0v) is 12.3. The molecule has 0 spiro atoms. The van der Waals surface area contributed by atoms with Crippen LogP contribution in [0, 0.1) is 5.82 Å². The van der Waals surface area contributed by atoms with Gasteiger partial charge in [-0.1, -0.05) is 30.3 Å². The molecule has 0 saturated heterocycles. The molecule has 0 radical (unpaired) electrons. The molecule has 2 aromatic carbocycles. The van der Waals surface area contributed by atoms with Crippen LogP contribution in [0.2, 0.25) is 0 Å². The van der Waals surface area contributed by atoms with Crippen LogP contribution in [-0.4, -0.2) is 6.10 Å². The Morgan fingerprint density at radius 2 is 1.76 bits per heavy atom. The lowest BCUT2D eigenvalue weighted by atomic mass is 9.98. The van der Waals surface area contributed by atoms with Gasteiger partial charge in [0.05, 0.1) is 12.1 Å². The molecule has 0 heterocycles. The van der Waals surface area contributed by atoms with Crippen molar-refractivity contribution in [3.05, 3.63) is 65.5 Å². The maximum atomic E-state index is 13.0. The number of nitrogens with two attached hydrogens (primary N) is 1. The van der Waals surface area contributed by atoms with Crippen LogP contribution in [0.1, 0.15) is 31.0 Å². The molecule has 0 aliphatic rings. The van der Waals surface area contributed by atoms with E-state index >= 15 is 0 Å². The molecule has 0 fully saturated rings. The van der Waals surface area contributed by atoms with Crippen LogP contribution in [0.3, 0.4) is 0 Å². The van der Waals surface area contributed by atoms with Crippen LogP contribution in [-0.2, 0) is 6.42 Å². The van der Waals surface area contributed by atoms with Crippen molar-refractivity contribution in [3.8, 4) is 5.75 Å². The van der Waals surface area contributed by atoms with Crippen molar-refractivity contribution in [3.63, 3.8) is 0 Å². The van der Waals surface area contributed by atoms with Gasteiger partial charge in [0.2, 0.25) is 0 Å². The number of benzene rings is 2. The summed E-state index contributed by atoms with van der Waals surface area (Å²) in [7, 11) is 0. The van der Waals surface area contributed by atoms with E-state index in [1.54, 1.807) is 12.1 Å².